The Morgan fingerprint density at radius 3 is 1.42 bits per heavy atom. The van der Waals surface area contributed by atoms with E-state index < -0.39 is 0 Å². The van der Waals surface area contributed by atoms with Gasteiger partial charge in [-0.25, -0.2) is 0 Å². The van der Waals surface area contributed by atoms with Gasteiger partial charge >= 0.3 is 0 Å². The van der Waals surface area contributed by atoms with Crippen LogP contribution >= 0.6 is 0 Å². The van der Waals surface area contributed by atoms with Gasteiger partial charge in [-0.05, 0) is 115 Å². The fourth-order valence-corrected chi connectivity index (χ4v) is 9.88. The summed E-state index contributed by atoms with van der Waals surface area (Å²) in [6, 6.07) is 55.6. The van der Waals surface area contributed by atoms with Crippen LogP contribution in [0.4, 0.5) is 34.1 Å². The third-order valence-corrected chi connectivity index (χ3v) is 12.4. The third-order valence-electron chi connectivity index (χ3n) is 12.4. The largest absolute Gasteiger partial charge is 0.312 e. The van der Waals surface area contributed by atoms with Gasteiger partial charge in [0, 0.05) is 34.1 Å². The fraction of sp³-hybridized carbons (Fsp3) is 0.143. The van der Waals surface area contributed by atoms with Crippen molar-refractivity contribution in [1.82, 2.24) is 0 Å². The maximum atomic E-state index is 2.57. The van der Waals surface area contributed by atoms with Crippen LogP contribution in [0.3, 0.4) is 0 Å². The average Bonchev–Trinajstić information content (AvgIpc) is 3.69. The number of para-hydroxylation sites is 2. The molecule has 0 N–H and O–H groups in total. The molecule has 0 atom stereocenters. The molecular weight excluding hydrogens is 638 g/mol. The van der Waals surface area contributed by atoms with E-state index in [1.165, 1.54) is 100 Å². The van der Waals surface area contributed by atoms with Gasteiger partial charge in [-0.2, -0.15) is 0 Å². The Morgan fingerprint density at radius 1 is 0.434 bits per heavy atom. The lowest BCUT2D eigenvalue weighted by Crippen LogP contribution is -2.58. The molecule has 0 bridgehead atoms. The van der Waals surface area contributed by atoms with E-state index in [-0.39, 0.29) is 18.8 Å². The predicted molar refractivity (Wildman–Crippen MR) is 229 cm³/mol. The number of anilines is 6. The minimum Gasteiger partial charge on any atom is -0.312 e. The van der Waals surface area contributed by atoms with Crippen molar-refractivity contribution in [2.24, 2.45) is 0 Å². The zero-order chi connectivity index (χ0) is 35.7. The Balaban J connectivity index is 1.24. The highest BCUT2D eigenvalue weighted by Gasteiger charge is 2.47. The predicted octanol–water partition coefficient (Wildman–Crippen LogP) is 8.67. The molecule has 252 valence electrons. The normalized spacial score (nSPS) is 14.2. The molecule has 4 aliphatic heterocycles. The molecule has 0 saturated heterocycles. The quantitative estimate of drug-likeness (QED) is 0.173. The molecule has 0 aromatic heterocycles. The lowest BCUT2D eigenvalue weighted by molar-refractivity contribution is 0.590. The molecule has 4 aliphatic rings. The number of fused-ring (bicyclic) bond motifs is 10. The lowest BCUT2D eigenvalue weighted by Gasteiger charge is -2.41. The van der Waals surface area contributed by atoms with Crippen LogP contribution < -0.4 is 42.6 Å². The van der Waals surface area contributed by atoms with Gasteiger partial charge in [-0.3, -0.25) is 0 Å². The Labute approximate surface area is 313 Å². The summed E-state index contributed by atoms with van der Waals surface area (Å²) in [5, 5.41) is 0. The molecule has 2 nitrogen and oxygen atoms in total. The van der Waals surface area contributed by atoms with Crippen LogP contribution in [0.15, 0.2) is 146 Å². The van der Waals surface area contributed by atoms with E-state index in [0.717, 1.165) is 0 Å². The second-order valence-corrected chi connectivity index (χ2v) is 16.7. The SMILES string of the molecule is CC(C)c1ccc2c(c1)-c1cccc3c1B2c1cc2c(cc1N3c1ccccc1)B1c3ccc(C(C)(C)C)cc3-c3cccc(c31)N2c1ccccc1. The minimum atomic E-state index is 0.0636. The molecule has 4 heterocycles. The van der Waals surface area contributed by atoms with Crippen LogP contribution in [-0.4, -0.2) is 13.4 Å². The van der Waals surface area contributed by atoms with E-state index >= 15 is 0 Å². The van der Waals surface area contributed by atoms with E-state index in [2.05, 4.69) is 190 Å². The van der Waals surface area contributed by atoms with Crippen molar-refractivity contribution < 1.29 is 0 Å². The number of hydrogen-bond donors (Lipinski definition) is 0. The van der Waals surface area contributed by atoms with Crippen LogP contribution in [0.5, 0.6) is 0 Å². The molecule has 0 spiro atoms. The first kappa shape index (κ1) is 30.9. The summed E-state index contributed by atoms with van der Waals surface area (Å²) >= 11 is 0. The summed E-state index contributed by atoms with van der Waals surface area (Å²) in [6.45, 7) is 11.8. The van der Waals surface area contributed by atoms with Crippen molar-refractivity contribution in [2.45, 2.75) is 46.0 Å². The van der Waals surface area contributed by atoms with Gasteiger partial charge in [0.1, 0.15) is 0 Å². The van der Waals surface area contributed by atoms with Gasteiger partial charge in [0.2, 0.25) is 13.4 Å². The van der Waals surface area contributed by atoms with Crippen LogP contribution in [0.25, 0.3) is 22.3 Å². The van der Waals surface area contributed by atoms with Gasteiger partial charge in [0.05, 0.1) is 0 Å². The number of hydrogen-bond acceptors (Lipinski definition) is 2. The smallest absolute Gasteiger partial charge is 0.248 e. The van der Waals surface area contributed by atoms with Gasteiger partial charge in [-0.15, -0.1) is 0 Å². The van der Waals surface area contributed by atoms with Crippen molar-refractivity contribution in [3.05, 3.63) is 157 Å². The molecular formula is C49H40B2N2. The lowest BCUT2D eigenvalue weighted by atomic mass is 9.34. The maximum Gasteiger partial charge on any atom is 0.248 e. The van der Waals surface area contributed by atoms with Crippen LogP contribution in [0, 0.1) is 0 Å². The Bertz CT molecular complexity index is 2660. The average molecular weight is 678 g/mol. The summed E-state index contributed by atoms with van der Waals surface area (Å²) in [7, 11) is 0. The standard InChI is InChI=1S/C49H40B2N2/c1-30(2)31-22-24-39-37(26-31)35-18-12-20-43-47(35)50(39)41-28-46-42(29-45(41)52(43)33-14-8-6-9-15-33)51-40-25-23-32(49(3,4)5)27-38(40)36-19-13-21-44(48(36)51)53(46)34-16-10-7-11-17-34/h6-30H,1-5H3. The van der Waals surface area contributed by atoms with Crippen molar-refractivity contribution in [3.63, 3.8) is 0 Å². The van der Waals surface area contributed by atoms with Gasteiger partial charge in [-0.1, -0.05) is 143 Å². The van der Waals surface area contributed by atoms with Gasteiger partial charge in [0.15, 0.2) is 0 Å². The summed E-state index contributed by atoms with van der Waals surface area (Å²) in [5.74, 6) is 0.467. The first-order valence-electron chi connectivity index (χ1n) is 19.2. The molecule has 0 radical (unpaired) electrons. The highest BCUT2D eigenvalue weighted by atomic mass is 15.2. The first-order chi connectivity index (χ1) is 25.8. The summed E-state index contributed by atoms with van der Waals surface area (Å²) < 4.78 is 0. The molecule has 7 aromatic carbocycles. The molecule has 0 amide bonds. The summed E-state index contributed by atoms with van der Waals surface area (Å²) in [5.41, 5.74) is 24.2. The van der Waals surface area contributed by atoms with E-state index in [1.54, 1.807) is 0 Å². The molecule has 4 heteroatoms. The molecule has 0 aliphatic carbocycles. The third kappa shape index (κ3) is 4.24. The topological polar surface area (TPSA) is 6.48 Å². The molecule has 11 rings (SSSR count). The van der Waals surface area contributed by atoms with Crippen molar-refractivity contribution in [3.8, 4) is 22.3 Å². The van der Waals surface area contributed by atoms with Gasteiger partial charge in [0.25, 0.3) is 0 Å². The number of rotatable bonds is 3. The molecule has 0 fully saturated rings. The van der Waals surface area contributed by atoms with Crippen LogP contribution in [-0.2, 0) is 5.41 Å². The van der Waals surface area contributed by atoms with E-state index in [0.29, 0.717) is 5.92 Å². The van der Waals surface area contributed by atoms with E-state index in [1.807, 2.05) is 0 Å². The highest BCUT2D eigenvalue weighted by Crippen LogP contribution is 2.45. The van der Waals surface area contributed by atoms with Crippen LogP contribution in [0.1, 0.15) is 51.7 Å². The van der Waals surface area contributed by atoms with E-state index in [9.17, 15) is 0 Å². The Hall–Kier alpha value is -5.73. The molecule has 0 saturated carbocycles. The Kier molecular flexibility index (Phi) is 6.35. The zero-order valence-corrected chi connectivity index (χ0v) is 31.0. The second kappa shape index (κ2) is 10.9. The second-order valence-electron chi connectivity index (χ2n) is 16.7. The first-order valence-corrected chi connectivity index (χ1v) is 19.2. The Morgan fingerprint density at radius 2 is 0.925 bits per heavy atom. The van der Waals surface area contributed by atoms with Crippen LogP contribution in [0.2, 0.25) is 0 Å². The van der Waals surface area contributed by atoms with Crippen molar-refractivity contribution in [2.75, 3.05) is 9.80 Å². The summed E-state index contributed by atoms with van der Waals surface area (Å²) in [6.07, 6.45) is 0. The minimum absolute atomic E-state index is 0.0636. The number of nitrogens with zero attached hydrogens (tertiary/aromatic N) is 2. The molecule has 7 aromatic rings. The zero-order valence-electron chi connectivity index (χ0n) is 31.0. The molecule has 53 heavy (non-hydrogen) atoms. The van der Waals surface area contributed by atoms with Crippen molar-refractivity contribution in [1.29, 1.82) is 0 Å². The van der Waals surface area contributed by atoms with E-state index in [4.69, 9.17) is 0 Å². The molecule has 0 unspecified atom stereocenters. The summed E-state index contributed by atoms with van der Waals surface area (Å²) in [4.78, 5) is 5.10. The number of benzene rings is 7. The monoisotopic (exact) mass is 678 g/mol. The highest BCUT2D eigenvalue weighted by molar-refractivity contribution is 7.03. The fourth-order valence-electron chi connectivity index (χ4n) is 9.88. The van der Waals surface area contributed by atoms with Crippen molar-refractivity contribution >= 4 is 80.3 Å². The maximum absolute atomic E-state index is 2.57. The van der Waals surface area contributed by atoms with Gasteiger partial charge < -0.3 is 9.80 Å².